The molecular formula is C20H21N5O. The number of carbonyl (C=O) groups is 1. The Kier molecular flexibility index (Phi) is 4.48. The topological polar surface area (TPSA) is 72.7 Å². The quantitative estimate of drug-likeness (QED) is 0.770. The molecule has 1 N–H and O–H groups in total. The Morgan fingerprint density at radius 3 is 2.77 bits per heavy atom. The van der Waals surface area contributed by atoms with Crippen molar-refractivity contribution < 1.29 is 4.79 Å². The standard InChI is InChI=1S/C20H21N5O/c1-25-18(16(12-23-25)14-8-5-9-14)13-22-20(26)17-10-11-21-19(24-17)15-6-3-2-4-7-15/h2-4,6-7,10-12,14H,5,8-9,13H2,1H3,(H,22,26). The minimum absolute atomic E-state index is 0.203. The lowest BCUT2D eigenvalue weighted by Gasteiger charge is -2.25. The Morgan fingerprint density at radius 2 is 2.04 bits per heavy atom. The van der Waals surface area contributed by atoms with Crippen molar-refractivity contribution in [3.63, 3.8) is 0 Å². The van der Waals surface area contributed by atoms with Crippen molar-refractivity contribution in [3.05, 3.63) is 65.7 Å². The lowest BCUT2D eigenvalue weighted by molar-refractivity contribution is 0.0945. The van der Waals surface area contributed by atoms with E-state index in [1.807, 2.05) is 48.3 Å². The largest absolute Gasteiger partial charge is 0.345 e. The average Bonchev–Trinajstić information content (AvgIpc) is 2.99. The zero-order valence-corrected chi connectivity index (χ0v) is 14.7. The molecule has 0 unspecified atom stereocenters. The summed E-state index contributed by atoms with van der Waals surface area (Å²) in [5.74, 6) is 0.929. The first-order valence-electron chi connectivity index (χ1n) is 8.90. The Hall–Kier alpha value is -3.02. The van der Waals surface area contributed by atoms with E-state index in [0.29, 0.717) is 24.0 Å². The maximum absolute atomic E-state index is 12.6. The number of nitrogens with one attached hydrogen (secondary N) is 1. The van der Waals surface area contributed by atoms with Gasteiger partial charge < -0.3 is 5.32 Å². The van der Waals surface area contributed by atoms with E-state index in [9.17, 15) is 4.79 Å². The molecule has 1 aromatic carbocycles. The minimum Gasteiger partial charge on any atom is -0.345 e. The van der Waals surface area contributed by atoms with Crippen LogP contribution in [0.5, 0.6) is 0 Å². The van der Waals surface area contributed by atoms with Crippen LogP contribution in [0.1, 0.15) is 46.9 Å². The number of aryl methyl sites for hydroxylation is 1. The van der Waals surface area contributed by atoms with Gasteiger partial charge in [-0.2, -0.15) is 5.10 Å². The molecule has 0 atom stereocenters. The summed E-state index contributed by atoms with van der Waals surface area (Å²) in [5, 5.41) is 7.34. The molecular weight excluding hydrogens is 326 g/mol. The predicted molar refractivity (Wildman–Crippen MR) is 98.4 cm³/mol. The normalized spacial score (nSPS) is 14.0. The van der Waals surface area contributed by atoms with E-state index in [1.54, 1.807) is 12.3 Å². The molecule has 132 valence electrons. The summed E-state index contributed by atoms with van der Waals surface area (Å²) >= 11 is 0. The van der Waals surface area contributed by atoms with Gasteiger partial charge in [0.1, 0.15) is 5.69 Å². The van der Waals surface area contributed by atoms with Crippen molar-refractivity contribution in [2.75, 3.05) is 0 Å². The average molecular weight is 347 g/mol. The van der Waals surface area contributed by atoms with Crippen LogP contribution in [0.3, 0.4) is 0 Å². The van der Waals surface area contributed by atoms with Gasteiger partial charge in [0.05, 0.1) is 18.4 Å². The molecule has 0 spiro atoms. The van der Waals surface area contributed by atoms with Gasteiger partial charge in [-0.15, -0.1) is 0 Å². The molecule has 1 amide bonds. The van der Waals surface area contributed by atoms with E-state index in [2.05, 4.69) is 20.4 Å². The van der Waals surface area contributed by atoms with Gasteiger partial charge in [-0.1, -0.05) is 36.8 Å². The highest BCUT2D eigenvalue weighted by atomic mass is 16.1. The molecule has 6 heteroatoms. The molecule has 0 bridgehead atoms. The first-order chi connectivity index (χ1) is 12.7. The van der Waals surface area contributed by atoms with Gasteiger partial charge in [-0.3, -0.25) is 9.48 Å². The molecule has 1 fully saturated rings. The first kappa shape index (κ1) is 16.4. The van der Waals surface area contributed by atoms with Crippen LogP contribution in [0, 0.1) is 0 Å². The van der Waals surface area contributed by atoms with E-state index in [4.69, 9.17) is 0 Å². The van der Waals surface area contributed by atoms with Gasteiger partial charge in [0.2, 0.25) is 0 Å². The van der Waals surface area contributed by atoms with E-state index in [-0.39, 0.29) is 5.91 Å². The maximum atomic E-state index is 12.6. The van der Waals surface area contributed by atoms with Crippen LogP contribution < -0.4 is 5.32 Å². The van der Waals surface area contributed by atoms with Crippen molar-refractivity contribution in [3.8, 4) is 11.4 Å². The van der Waals surface area contributed by atoms with E-state index in [1.165, 1.54) is 24.8 Å². The van der Waals surface area contributed by atoms with E-state index in [0.717, 1.165) is 11.3 Å². The molecule has 6 nitrogen and oxygen atoms in total. The summed E-state index contributed by atoms with van der Waals surface area (Å²) in [6.45, 7) is 0.450. The summed E-state index contributed by atoms with van der Waals surface area (Å²) in [7, 11) is 1.92. The van der Waals surface area contributed by atoms with Gasteiger partial charge in [-0.05, 0) is 30.4 Å². The number of carbonyl (C=O) groups excluding carboxylic acids is 1. The first-order valence-corrected chi connectivity index (χ1v) is 8.90. The van der Waals surface area contributed by atoms with Crippen molar-refractivity contribution in [2.24, 2.45) is 7.05 Å². The summed E-state index contributed by atoms with van der Waals surface area (Å²) in [4.78, 5) is 21.2. The molecule has 2 aromatic heterocycles. The number of amides is 1. The van der Waals surface area contributed by atoms with Gasteiger partial charge in [0, 0.05) is 18.8 Å². The fraction of sp³-hybridized carbons (Fsp3) is 0.300. The van der Waals surface area contributed by atoms with Crippen LogP contribution in [0.2, 0.25) is 0 Å². The van der Waals surface area contributed by atoms with Crippen LogP contribution in [0.25, 0.3) is 11.4 Å². The third kappa shape index (κ3) is 3.22. The predicted octanol–water partition coefficient (Wildman–Crippen LogP) is 3.07. The second kappa shape index (κ2) is 7.07. The van der Waals surface area contributed by atoms with E-state index >= 15 is 0 Å². The van der Waals surface area contributed by atoms with Gasteiger partial charge >= 0.3 is 0 Å². The van der Waals surface area contributed by atoms with Crippen LogP contribution in [-0.2, 0) is 13.6 Å². The maximum Gasteiger partial charge on any atom is 0.270 e. The lowest BCUT2D eigenvalue weighted by Crippen LogP contribution is -2.26. The molecule has 1 aliphatic rings. The highest BCUT2D eigenvalue weighted by Gasteiger charge is 2.24. The zero-order chi connectivity index (χ0) is 17.9. The second-order valence-corrected chi connectivity index (χ2v) is 6.61. The number of benzene rings is 1. The van der Waals surface area contributed by atoms with Gasteiger partial charge in [-0.25, -0.2) is 9.97 Å². The van der Waals surface area contributed by atoms with Crippen molar-refractivity contribution in [1.29, 1.82) is 0 Å². The number of aromatic nitrogens is 4. The molecule has 0 saturated heterocycles. The van der Waals surface area contributed by atoms with Crippen molar-refractivity contribution in [1.82, 2.24) is 25.1 Å². The Balaban J connectivity index is 1.49. The van der Waals surface area contributed by atoms with Crippen molar-refractivity contribution >= 4 is 5.91 Å². The molecule has 4 rings (SSSR count). The van der Waals surface area contributed by atoms with Crippen molar-refractivity contribution in [2.45, 2.75) is 31.7 Å². The van der Waals surface area contributed by atoms with Crippen LogP contribution in [-0.4, -0.2) is 25.7 Å². The number of hydrogen-bond donors (Lipinski definition) is 1. The SMILES string of the molecule is Cn1ncc(C2CCC2)c1CNC(=O)c1ccnc(-c2ccccc2)n1. The molecule has 3 aromatic rings. The monoisotopic (exact) mass is 347 g/mol. The highest BCUT2D eigenvalue weighted by Crippen LogP contribution is 2.37. The number of hydrogen-bond acceptors (Lipinski definition) is 4. The van der Waals surface area contributed by atoms with Gasteiger partial charge in [0.25, 0.3) is 5.91 Å². The molecule has 0 aliphatic heterocycles. The van der Waals surface area contributed by atoms with Crippen LogP contribution in [0.15, 0.2) is 48.8 Å². The smallest absolute Gasteiger partial charge is 0.270 e. The molecule has 1 saturated carbocycles. The Labute approximate surface area is 152 Å². The Morgan fingerprint density at radius 1 is 1.23 bits per heavy atom. The molecule has 26 heavy (non-hydrogen) atoms. The highest BCUT2D eigenvalue weighted by molar-refractivity contribution is 5.92. The zero-order valence-electron chi connectivity index (χ0n) is 14.7. The summed E-state index contributed by atoms with van der Waals surface area (Å²) < 4.78 is 1.85. The van der Waals surface area contributed by atoms with Crippen LogP contribution >= 0.6 is 0 Å². The fourth-order valence-corrected chi connectivity index (χ4v) is 3.22. The molecule has 2 heterocycles. The number of rotatable bonds is 5. The fourth-order valence-electron chi connectivity index (χ4n) is 3.22. The second-order valence-electron chi connectivity index (χ2n) is 6.61. The molecule has 0 radical (unpaired) electrons. The molecule has 1 aliphatic carbocycles. The summed E-state index contributed by atoms with van der Waals surface area (Å²) in [5.41, 5.74) is 3.58. The lowest BCUT2D eigenvalue weighted by atomic mass is 9.80. The summed E-state index contributed by atoms with van der Waals surface area (Å²) in [6, 6.07) is 11.3. The minimum atomic E-state index is -0.203. The number of nitrogens with zero attached hydrogens (tertiary/aromatic N) is 4. The van der Waals surface area contributed by atoms with Crippen LogP contribution in [0.4, 0.5) is 0 Å². The third-order valence-corrected chi connectivity index (χ3v) is 4.98. The third-order valence-electron chi connectivity index (χ3n) is 4.98. The summed E-state index contributed by atoms with van der Waals surface area (Å²) in [6.07, 6.45) is 7.24. The van der Waals surface area contributed by atoms with Gasteiger partial charge in [0.15, 0.2) is 5.82 Å². The van der Waals surface area contributed by atoms with E-state index < -0.39 is 0 Å². The Bertz CT molecular complexity index is 915.